The third-order valence-corrected chi connectivity index (χ3v) is 8.20. The molecule has 4 aliphatic carbocycles. The van der Waals surface area contributed by atoms with Crippen molar-refractivity contribution in [1.29, 1.82) is 0 Å². The van der Waals surface area contributed by atoms with Crippen LogP contribution in [-0.2, 0) is 16.1 Å². The molecule has 1 aromatic heterocycles. The molecule has 4 nitrogen and oxygen atoms in total. The smallest absolute Gasteiger partial charge is 0.243 e. The van der Waals surface area contributed by atoms with E-state index in [1.807, 2.05) is 22.4 Å². The number of nitrogens with one attached hydrogen (secondary N) is 1. The highest BCUT2D eigenvalue weighted by molar-refractivity contribution is 7.09. The Balaban J connectivity index is 1.29. The van der Waals surface area contributed by atoms with Crippen molar-refractivity contribution in [3.8, 4) is 0 Å². The molecule has 6 rings (SSSR count). The normalized spacial score (nSPS) is 37.9. The van der Waals surface area contributed by atoms with E-state index >= 15 is 0 Å². The first kappa shape index (κ1) is 16.8. The Hall–Kier alpha value is -1.36. The molecule has 2 heterocycles. The number of likely N-dealkylation sites (tertiary alicyclic amines) is 1. The number of amides is 2. The van der Waals surface area contributed by atoms with Crippen molar-refractivity contribution in [2.24, 2.45) is 23.2 Å². The van der Waals surface area contributed by atoms with E-state index in [1.165, 1.54) is 19.3 Å². The van der Waals surface area contributed by atoms with E-state index in [9.17, 15) is 9.59 Å². The van der Waals surface area contributed by atoms with Gasteiger partial charge in [-0.15, -0.1) is 11.3 Å². The molecule has 1 aromatic rings. The summed E-state index contributed by atoms with van der Waals surface area (Å²) < 4.78 is 0. The SMILES string of the molecule is O=C(NCc1cccs1)C1CCCN1C(=O)C12CC3CC(CC(C3)C1)C2. The maximum absolute atomic E-state index is 13.6. The topological polar surface area (TPSA) is 49.4 Å². The molecule has 1 aliphatic heterocycles. The van der Waals surface area contributed by atoms with Crippen molar-refractivity contribution < 1.29 is 9.59 Å². The number of carbonyl (C=O) groups is 2. The van der Waals surface area contributed by atoms with Gasteiger partial charge in [0.05, 0.1) is 12.0 Å². The predicted octanol–water partition coefficient (Wildman–Crippen LogP) is 3.57. The second kappa shape index (κ2) is 6.36. The predicted molar refractivity (Wildman–Crippen MR) is 102 cm³/mol. The molecule has 5 aliphatic rings. The van der Waals surface area contributed by atoms with E-state index in [1.54, 1.807) is 11.3 Å². The summed E-state index contributed by atoms with van der Waals surface area (Å²) >= 11 is 1.66. The van der Waals surface area contributed by atoms with Gasteiger partial charge in [0.15, 0.2) is 0 Å². The van der Waals surface area contributed by atoms with Crippen molar-refractivity contribution in [3.05, 3.63) is 22.4 Å². The van der Waals surface area contributed by atoms with Crippen LogP contribution in [0.3, 0.4) is 0 Å². The lowest BCUT2D eigenvalue weighted by Crippen LogP contribution is -2.57. The van der Waals surface area contributed by atoms with Crippen LogP contribution in [0, 0.1) is 23.2 Å². The molecule has 4 bridgehead atoms. The number of nitrogens with zero attached hydrogens (tertiary/aromatic N) is 1. The van der Waals surface area contributed by atoms with E-state index in [0.29, 0.717) is 12.5 Å². The molecule has 140 valence electrons. The lowest BCUT2D eigenvalue weighted by atomic mass is 9.49. The Bertz CT molecular complexity index is 664. The maximum atomic E-state index is 13.6. The quantitative estimate of drug-likeness (QED) is 0.878. The Morgan fingerprint density at radius 2 is 1.85 bits per heavy atom. The van der Waals surface area contributed by atoms with E-state index in [-0.39, 0.29) is 17.4 Å². The van der Waals surface area contributed by atoms with Gasteiger partial charge in [-0.1, -0.05) is 6.07 Å². The first-order valence-corrected chi connectivity index (χ1v) is 11.1. The molecular weight excluding hydrogens is 344 g/mol. The van der Waals surface area contributed by atoms with Crippen LogP contribution in [0.15, 0.2) is 17.5 Å². The van der Waals surface area contributed by atoms with Crippen LogP contribution in [0.25, 0.3) is 0 Å². The number of thiophene rings is 1. The Labute approximate surface area is 159 Å². The molecule has 0 radical (unpaired) electrons. The average molecular weight is 373 g/mol. The van der Waals surface area contributed by atoms with E-state index in [0.717, 1.165) is 61.3 Å². The summed E-state index contributed by atoms with van der Waals surface area (Å²) in [7, 11) is 0. The zero-order valence-corrected chi connectivity index (χ0v) is 16.1. The summed E-state index contributed by atoms with van der Waals surface area (Å²) in [6.07, 6.45) is 9.04. The highest BCUT2D eigenvalue weighted by Crippen LogP contribution is 2.60. The van der Waals surface area contributed by atoms with E-state index in [2.05, 4.69) is 5.32 Å². The van der Waals surface area contributed by atoms with Gasteiger partial charge in [-0.05, 0) is 80.6 Å². The van der Waals surface area contributed by atoms with Gasteiger partial charge in [-0.3, -0.25) is 9.59 Å². The van der Waals surface area contributed by atoms with Crippen molar-refractivity contribution in [2.45, 2.75) is 64.0 Å². The minimum absolute atomic E-state index is 0.0361. The molecule has 1 atom stereocenters. The Morgan fingerprint density at radius 3 is 2.46 bits per heavy atom. The van der Waals surface area contributed by atoms with Crippen LogP contribution in [0.4, 0.5) is 0 Å². The molecule has 26 heavy (non-hydrogen) atoms. The molecule has 1 saturated heterocycles. The molecule has 1 N–H and O–H groups in total. The summed E-state index contributed by atoms with van der Waals surface area (Å²) in [6, 6.07) is 3.79. The largest absolute Gasteiger partial charge is 0.349 e. The Kier molecular flexibility index (Phi) is 4.11. The van der Waals surface area contributed by atoms with Crippen LogP contribution < -0.4 is 5.32 Å². The minimum atomic E-state index is -0.254. The van der Waals surface area contributed by atoms with Gasteiger partial charge in [-0.25, -0.2) is 0 Å². The Morgan fingerprint density at radius 1 is 1.15 bits per heavy atom. The fraction of sp³-hybridized carbons (Fsp3) is 0.714. The second-order valence-corrected chi connectivity index (χ2v) is 10.2. The zero-order chi connectivity index (χ0) is 17.7. The van der Waals surface area contributed by atoms with Gasteiger partial charge >= 0.3 is 0 Å². The van der Waals surface area contributed by atoms with Gasteiger partial charge in [0.25, 0.3) is 0 Å². The summed E-state index contributed by atoms with van der Waals surface area (Å²) in [5.41, 5.74) is -0.134. The van der Waals surface area contributed by atoms with Gasteiger partial charge in [0.2, 0.25) is 11.8 Å². The van der Waals surface area contributed by atoms with Gasteiger partial charge in [0, 0.05) is 11.4 Å². The van der Waals surface area contributed by atoms with Crippen LogP contribution in [-0.4, -0.2) is 29.3 Å². The third-order valence-electron chi connectivity index (χ3n) is 7.33. The standard InChI is InChI=1S/C21H28N2O2S/c24-19(22-13-17-3-2-6-26-17)18-4-1-5-23(18)20(25)21-10-14-7-15(11-21)9-16(8-14)12-21/h2-3,6,14-16,18H,1,4-5,7-13H2,(H,22,24). The molecule has 0 aromatic carbocycles. The van der Waals surface area contributed by atoms with Crippen molar-refractivity contribution in [3.63, 3.8) is 0 Å². The molecule has 5 heteroatoms. The monoisotopic (exact) mass is 372 g/mol. The fourth-order valence-corrected chi connectivity index (χ4v) is 7.31. The number of carbonyl (C=O) groups excluding carboxylic acids is 2. The van der Waals surface area contributed by atoms with Crippen LogP contribution in [0.5, 0.6) is 0 Å². The molecule has 4 saturated carbocycles. The minimum Gasteiger partial charge on any atom is -0.349 e. The first-order valence-electron chi connectivity index (χ1n) is 10.2. The summed E-state index contributed by atoms with van der Waals surface area (Å²) in [4.78, 5) is 29.5. The van der Waals surface area contributed by atoms with Crippen molar-refractivity contribution in [1.82, 2.24) is 10.2 Å². The molecule has 0 spiro atoms. The lowest BCUT2D eigenvalue weighted by Gasteiger charge is -2.56. The lowest BCUT2D eigenvalue weighted by molar-refractivity contribution is -0.160. The zero-order valence-electron chi connectivity index (χ0n) is 15.3. The number of hydrogen-bond donors (Lipinski definition) is 1. The fourth-order valence-electron chi connectivity index (χ4n) is 6.66. The average Bonchev–Trinajstić information content (AvgIpc) is 3.29. The molecule has 1 unspecified atom stereocenters. The summed E-state index contributed by atoms with van der Waals surface area (Å²) in [5, 5.41) is 5.09. The third kappa shape index (κ3) is 2.79. The number of hydrogen-bond acceptors (Lipinski definition) is 3. The van der Waals surface area contributed by atoms with Gasteiger partial charge in [0.1, 0.15) is 6.04 Å². The van der Waals surface area contributed by atoms with Gasteiger partial charge < -0.3 is 10.2 Å². The first-order chi connectivity index (χ1) is 12.6. The highest BCUT2D eigenvalue weighted by Gasteiger charge is 2.56. The van der Waals surface area contributed by atoms with Crippen molar-refractivity contribution in [2.75, 3.05) is 6.54 Å². The second-order valence-electron chi connectivity index (χ2n) is 9.15. The molecule has 5 fully saturated rings. The van der Waals surface area contributed by atoms with Gasteiger partial charge in [-0.2, -0.15) is 0 Å². The molecular formula is C21H28N2O2S. The maximum Gasteiger partial charge on any atom is 0.243 e. The van der Waals surface area contributed by atoms with Crippen LogP contribution >= 0.6 is 11.3 Å². The van der Waals surface area contributed by atoms with Crippen LogP contribution in [0.1, 0.15) is 56.2 Å². The summed E-state index contributed by atoms with van der Waals surface area (Å²) in [5.74, 6) is 2.64. The summed E-state index contributed by atoms with van der Waals surface area (Å²) in [6.45, 7) is 1.34. The van der Waals surface area contributed by atoms with Crippen molar-refractivity contribution >= 4 is 23.2 Å². The van der Waals surface area contributed by atoms with Crippen LogP contribution in [0.2, 0.25) is 0 Å². The van der Waals surface area contributed by atoms with E-state index in [4.69, 9.17) is 0 Å². The number of rotatable bonds is 4. The molecule has 2 amide bonds. The highest BCUT2D eigenvalue weighted by atomic mass is 32.1. The van der Waals surface area contributed by atoms with E-state index < -0.39 is 0 Å².